The highest BCUT2D eigenvalue weighted by Gasteiger charge is 2.50. The molecule has 0 aromatic rings. The topological polar surface area (TPSA) is 254 Å². The van der Waals surface area contributed by atoms with Crippen LogP contribution >= 0.6 is 0 Å². The fraction of sp³-hybridized carbons (Fsp3) is 0.714. The first-order valence-electron chi connectivity index (χ1n) is 14.4. The first-order chi connectivity index (χ1) is 21.4. The van der Waals surface area contributed by atoms with Crippen LogP contribution in [-0.2, 0) is 52.3 Å². The Bertz CT molecular complexity index is 912. The molecular weight excluding hydrogens is 608 g/mol. The van der Waals surface area contributed by atoms with Gasteiger partial charge in [0.05, 0.1) is 12.5 Å². The number of carbonyl (C=O) groups is 4. The highest BCUT2D eigenvalue weighted by Crippen LogP contribution is 2.28. The smallest absolute Gasteiger partial charge is 0.310 e. The number of hydrogen-bond acceptors (Lipinski definition) is 17. The van der Waals surface area contributed by atoms with Gasteiger partial charge in [0.25, 0.3) is 0 Å². The Kier molecular flexibility index (Phi) is 16.5. The second-order valence-corrected chi connectivity index (χ2v) is 10.3. The van der Waals surface area contributed by atoms with Crippen LogP contribution in [0.3, 0.4) is 0 Å². The molecule has 2 aliphatic rings. The van der Waals surface area contributed by atoms with Crippen LogP contribution in [0.1, 0.15) is 51.4 Å². The lowest BCUT2D eigenvalue weighted by Gasteiger charge is -2.44. The van der Waals surface area contributed by atoms with Gasteiger partial charge in [-0.1, -0.05) is 13.2 Å². The fourth-order valence-corrected chi connectivity index (χ4v) is 4.34. The zero-order valence-electron chi connectivity index (χ0n) is 24.6. The van der Waals surface area contributed by atoms with E-state index >= 15 is 0 Å². The van der Waals surface area contributed by atoms with Crippen LogP contribution in [0.25, 0.3) is 0 Å². The molecule has 0 saturated carbocycles. The fourth-order valence-electron chi connectivity index (χ4n) is 4.34. The van der Waals surface area contributed by atoms with Gasteiger partial charge in [0.15, 0.2) is 12.6 Å². The van der Waals surface area contributed by atoms with Crippen LogP contribution in [0.4, 0.5) is 0 Å². The van der Waals surface area contributed by atoms with E-state index in [0.29, 0.717) is 25.7 Å². The summed E-state index contributed by atoms with van der Waals surface area (Å²) in [5, 5.41) is 62.1. The average Bonchev–Trinajstić information content (AvgIpc) is 3.00. The SMILES string of the molecule is C=COC(=O)CCCCC(=O)OC[C@H]1O[C@H](O[C@H]2O[C@H](COC(=O)CCCCC(=O)OC=C)[C@@H](O)[C@H](O)[C@H]2O)[C@H](O)[C@@H](O)[C@@H]1O. The van der Waals surface area contributed by atoms with E-state index in [9.17, 15) is 49.8 Å². The van der Waals surface area contributed by atoms with Crippen molar-refractivity contribution in [2.45, 2.75) is 113 Å². The summed E-state index contributed by atoms with van der Waals surface area (Å²) in [5.74, 6) is -2.41. The number of aliphatic hydroxyl groups excluding tert-OH is 6. The molecular formula is C28H42O17. The Morgan fingerprint density at radius 3 is 1.20 bits per heavy atom. The molecule has 2 saturated heterocycles. The molecule has 0 bridgehead atoms. The van der Waals surface area contributed by atoms with Gasteiger partial charge in [-0.2, -0.15) is 0 Å². The normalized spacial score (nSPS) is 31.3. The van der Waals surface area contributed by atoms with Crippen LogP contribution < -0.4 is 0 Å². The summed E-state index contributed by atoms with van der Waals surface area (Å²) in [4.78, 5) is 46.8. The monoisotopic (exact) mass is 650 g/mol. The Hall–Kier alpha value is -3.00. The number of unbranched alkanes of at least 4 members (excludes halogenated alkanes) is 2. The molecule has 0 aromatic heterocycles. The lowest BCUT2D eigenvalue weighted by atomic mass is 9.98. The van der Waals surface area contributed by atoms with Crippen molar-refractivity contribution in [2.24, 2.45) is 0 Å². The second kappa shape index (κ2) is 19.5. The standard InChI is InChI=1S/C28H42O17/c1-3-39-17(29)9-5-7-11-19(31)41-13-15-21(33)23(35)25(37)27(43-15)45-28-26(38)24(36)22(34)16(44-28)14-42-20(32)12-8-6-10-18(30)40-4-2/h3-4,15-16,21-28,33-38H,1-2,5-14H2/t15-,16-,21-,22-,23+,24+,25-,26-,27-,28-/m1/s1. The van der Waals surface area contributed by atoms with Crippen LogP contribution in [0.5, 0.6) is 0 Å². The Morgan fingerprint density at radius 2 is 0.867 bits per heavy atom. The molecule has 0 unspecified atom stereocenters. The molecule has 6 N–H and O–H groups in total. The maximum absolute atomic E-state index is 12.1. The molecule has 0 aliphatic carbocycles. The van der Waals surface area contributed by atoms with E-state index in [1.807, 2.05) is 0 Å². The average molecular weight is 651 g/mol. The molecule has 45 heavy (non-hydrogen) atoms. The van der Waals surface area contributed by atoms with E-state index in [0.717, 1.165) is 12.5 Å². The number of rotatable bonds is 18. The summed E-state index contributed by atoms with van der Waals surface area (Å²) in [6.45, 7) is 5.40. The number of ether oxygens (including phenoxy) is 7. The molecule has 2 fully saturated rings. The largest absolute Gasteiger partial charge is 0.463 e. The maximum Gasteiger partial charge on any atom is 0.310 e. The highest BCUT2D eigenvalue weighted by atomic mass is 16.8. The maximum atomic E-state index is 12.1. The second-order valence-electron chi connectivity index (χ2n) is 10.3. The molecule has 0 aromatic carbocycles. The minimum absolute atomic E-state index is 0.0625. The zero-order chi connectivity index (χ0) is 33.5. The third-order valence-electron chi connectivity index (χ3n) is 6.88. The first kappa shape index (κ1) is 38.2. The van der Waals surface area contributed by atoms with Gasteiger partial charge < -0.3 is 63.8 Å². The van der Waals surface area contributed by atoms with E-state index in [4.69, 9.17) is 23.7 Å². The summed E-state index contributed by atoms with van der Waals surface area (Å²) in [6, 6.07) is 0. The van der Waals surface area contributed by atoms with Gasteiger partial charge in [0.1, 0.15) is 62.0 Å². The Labute approximate surface area is 258 Å². The summed E-state index contributed by atoms with van der Waals surface area (Å²) >= 11 is 0. The van der Waals surface area contributed by atoms with Crippen molar-refractivity contribution < 1.29 is 83.0 Å². The van der Waals surface area contributed by atoms with E-state index < -0.39 is 98.5 Å². The van der Waals surface area contributed by atoms with Crippen molar-refractivity contribution in [3.8, 4) is 0 Å². The van der Waals surface area contributed by atoms with Gasteiger partial charge in [-0.15, -0.1) is 0 Å². The van der Waals surface area contributed by atoms with Crippen LogP contribution in [0.2, 0.25) is 0 Å². The molecule has 2 heterocycles. The molecule has 17 heteroatoms. The number of carbonyl (C=O) groups excluding carboxylic acids is 4. The molecule has 0 spiro atoms. The number of aliphatic hydroxyl groups is 6. The summed E-state index contributed by atoms with van der Waals surface area (Å²) in [5.41, 5.74) is 0. The minimum atomic E-state index is -1.89. The molecule has 0 amide bonds. The van der Waals surface area contributed by atoms with E-state index in [2.05, 4.69) is 22.6 Å². The van der Waals surface area contributed by atoms with Crippen molar-refractivity contribution in [3.05, 3.63) is 25.7 Å². The molecule has 17 nitrogen and oxygen atoms in total. The van der Waals surface area contributed by atoms with Crippen molar-refractivity contribution in [1.82, 2.24) is 0 Å². The predicted molar refractivity (Wildman–Crippen MR) is 146 cm³/mol. The third-order valence-corrected chi connectivity index (χ3v) is 6.88. The van der Waals surface area contributed by atoms with E-state index in [-0.39, 0.29) is 25.7 Å². The molecule has 2 aliphatic heterocycles. The van der Waals surface area contributed by atoms with Crippen LogP contribution in [0.15, 0.2) is 25.7 Å². The van der Waals surface area contributed by atoms with Gasteiger partial charge >= 0.3 is 23.9 Å². The van der Waals surface area contributed by atoms with Gasteiger partial charge in [0, 0.05) is 25.7 Å². The molecule has 2 rings (SSSR count). The van der Waals surface area contributed by atoms with Crippen molar-refractivity contribution >= 4 is 23.9 Å². The molecule has 0 radical (unpaired) electrons. The van der Waals surface area contributed by atoms with Crippen molar-refractivity contribution in [3.63, 3.8) is 0 Å². The van der Waals surface area contributed by atoms with Gasteiger partial charge in [-0.3, -0.25) is 19.2 Å². The minimum Gasteiger partial charge on any atom is -0.463 e. The van der Waals surface area contributed by atoms with E-state index in [1.54, 1.807) is 0 Å². The Morgan fingerprint density at radius 1 is 0.533 bits per heavy atom. The van der Waals surface area contributed by atoms with E-state index in [1.165, 1.54) is 0 Å². The number of esters is 4. The lowest BCUT2D eigenvalue weighted by Crippen LogP contribution is -2.64. The van der Waals surface area contributed by atoms with Gasteiger partial charge in [-0.05, 0) is 25.7 Å². The predicted octanol–water partition coefficient (Wildman–Crippen LogP) is -1.80. The van der Waals surface area contributed by atoms with Crippen LogP contribution in [0, 0.1) is 0 Å². The first-order valence-corrected chi connectivity index (χ1v) is 14.4. The molecule has 256 valence electrons. The third kappa shape index (κ3) is 12.4. The highest BCUT2D eigenvalue weighted by molar-refractivity contribution is 5.71. The number of hydrogen-bond donors (Lipinski definition) is 6. The van der Waals surface area contributed by atoms with Crippen molar-refractivity contribution in [2.75, 3.05) is 13.2 Å². The van der Waals surface area contributed by atoms with Gasteiger partial charge in [-0.25, -0.2) is 0 Å². The lowest BCUT2D eigenvalue weighted by molar-refractivity contribution is -0.376. The summed E-state index contributed by atoms with van der Waals surface area (Å²) in [7, 11) is 0. The Balaban J connectivity index is 1.87. The zero-order valence-corrected chi connectivity index (χ0v) is 24.6. The van der Waals surface area contributed by atoms with Crippen LogP contribution in [-0.4, -0.2) is 129 Å². The quantitative estimate of drug-likeness (QED) is 0.0414. The van der Waals surface area contributed by atoms with Gasteiger partial charge in [0.2, 0.25) is 0 Å². The summed E-state index contributed by atoms with van der Waals surface area (Å²) in [6.07, 6.45) is -14.0. The summed E-state index contributed by atoms with van der Waals surface area (Å²) < 4.78 is 35.7. The molecule has 10 atom stereocenters. The van der Waals surface area contributed by atoms with Crippen molar-refractivity contribution in [1.29, 1.82) is 0 Å².